The first kappa shape index (κ1) is 13.2. The monoisotopic (exact) mass is 283 g/mol. The van der Waals surface area contributed by atoms with E-state index >= 15 is 0 Å². The zero-order valence-electron chi connectivity index (χ0n) is 10.2. The van der Waals surface area contributed by atoms with Crippen molar-refractivity contribution in [3.63, 3.8) is 0 Å². The molecule has 1 aromatic rings. The Morgan fingerprint density at radius 3 is 2.25 bits per heavy atom. The number of halogens is 1. The lowest BCUT2D eigenvalue weighted by Crippen LogP contribution is -2.38. The number of alkyl halides is 1. The van der Waals surface area contributed by atoms with Gasteiger partial charge in [-0.2, -0.15) is 0 Å². The maximum atomic E-state index is 11.8. The number of rotatable bonds is 3. The second-order valence-electron chi connectivity index (χ2n) is 4.58. The smallest absolute Gasteiger partial charge is 0.236 e. The molecule has 16 heavy (non-hydrogen) atoms. The van der Waals surface area contributed by atoms with Gasteiger partial charge in [-0.15, -0.1) is 0 Å². The normalized spacial score (nSPS) is 13.3. The van der Waals surface area contributed by atoms with Crippen molar-refractivity contribution in [3.8, 4) is 0 Å². The van der Waals surface area contributed by atoms with Gasteiger partial charge < -0.3 is 5.32 Å². The van der Waals surface area contributed by atoms with Gasteiger partial charge >= 0.3 is 0 Å². The number of benzene rings is 1. The first-order chi connectivity index (χ1) is 7.30. The van der Waals surface area contributed by atoms with Gasteiger partial charge in [0, 0.05) is 0 Å². The fourth-order valence-electron chi connectivity index (χ4n) is 1.31. The van der Waals surface area contributed by atoms with E-state index in [-0.39, 0.29) is 11.9 Å². The molecule has 1 aromatic carbocycles. The van der Waals surface area contributed by atoms with Gasteiger partial charge in [-0.05, 0) is 33.3 Å². The van der Waals surface area contributed by atoms with Crippen LogP contribution < -0.4 is 5.32 Å². The summed E-state index contributed by atoms with van der Waals surface area (Å²) in [5.74, 6) is 0.000532. The molecule has 0 aliphatic carbocycles. The Labute approximate surface area is 106 Å². The lowest BCUT2D eigenvalue weighted by molar-refractivity contribution is -0.123. The van der Waals surface area contributed by atoms with Crippen molar-refractivity contribution < 1.29 is 4.79 Å². The van der Waals surface area contributed by atoms with Crippen LogP contribution in [-0.4, -0.2) is 10.2 Å². The molecule has 2 nitrogen and oxygen atoms in total. The van der Waals surface area contributed by atoms with E-state index in [1.165, 1.54) is 5.56 Å². The fourth-order valence-corrected chi connectivity index (χ4v) is 1.42. The molecular weight excluding hydrogens is 266 g/mol. The lowest BCUT2D eigenvalue weighted by Gasteiger charge is -2.20. The first-order valence-electron chi connectivity index (χ1n) is 5.37. The molecule has 1 amide bonds. The molecule has 1 atom stereocenters. The fraction of sp³-hybridized carbons (Fsp3) is 0.462. The van der Waals surface area contributed by atoms with Gasteiger partial charge in [0.25, 0.3) is 0 Å². The molecule has 88 valence electrons. The largest absolute Gasteiger partial charge is 0.348 e. The Hall–Kier alpha value is -0.830. The van der Waals surface area contributed by atoms with Crippen LogP contribution in [0.3, 0.4) is 0 Å². The predicted molar refractivity (Wildman–Crippen MR) is 70.7 cm³/mol. The van der Waals surface area contributed by atoms with Crippen molar-refractivity contribution in [3.05, 3.63) is 35.4 Å². The average Bonchev–Trinajstić information content (AvgIpc) is 2.17. The summed E-state index contributed by atoms with van der Waals surface area (Å²) in [6, 6.07) is 8.22. The molecule has 0 bridgehead atoms. The molecule has 1 rings (SSSR count). The van der Waals surface area contributed by atoms with E-state index in [0.29, 0.717) is 0 Å². The van der Waals surface area contributed by atoms with Gasteiger partial charge in [0.15, 0.2) is 0 Å². The quantitative estimate of drug-likeness (QED) is 0.847. The molecule has 0 heterocycles. The number of nitrogens with one attached hydrogen (secondary N) is 1. The van der Waals surface area contributed by atoms with E-state index in [0.717, 1.165) is 5.56 Å². The Morgan fingerprint density at radius 1 is 1.31 bits per heavy atom. The van der Waals surface area contributed by atoms with E-state index in [1.54, 1.807) is 0 Å². The van der Waals surface area contributed by atoms with E-state index in [2.05, 4.69) is 40.3 Å². The SMILES string of the molecule is Cc1ccc([C@H](C)NC(=O)C(C)(C)Br)cc1. The standard InChI is InChI=1S/C13H18BrNO/c1-9-5-7-11(8-6-9)10(2)15-12(16)13(3,4)14/h5-8,10H,1-4H3,(H,15,16)/t10-/m0/s1. The van der Waals surface area contributed by atoms with Crippen LogP contribution in [0.2, 0.25) is 0 Å². The van der Waals surface area contributed by atoms with Crippen LogP contribution in [0.15, 0.2) is 24.3 Å². The Kier molecular flexibility index (Phi) is 4.14. The number of carbonyl (C=O) groups is 1. The van der Waals surface area contributed by atoms with Gasteiger partial charge in [-0.1, -0.05) is 45.8 Å². The number of amides is 1. The van der Waals surface area contributed by atoms with Crippen molar-refractivity contribution in [2.75, 3.05) is 0 Å². The van der Waals surface area contributed by atoms with Crippen molar-refractivity contribution in [1.82, 2.24) is 5.32 Å². The van der Waals surface area contributed by atoms with Crippen LogP contribution in [-0.2, 0) is 4.79 Å². The van der Waals surface area contributed by atoms with Crippen LogP contribution in [0, 0.1) is 6.92 Å². The van der Waals surface area contributed by atoms with E-state index in [9.17, 15) is 4.79 Å². The van der Waals surface area contributed by atoms with Crippen LogP contribution >= 0.6 is 15.9 Å². The van der Waals surface area contributed by atoms with Gasteiger partial charge in [-0.25, -0.2) is 0 Å². The number of hydrogen-bond donors (Lipinski definition) is 1. The molecule has 0 unspecified atom stereocenters. The molecule has 0 aliphatic heterocycles. The predicted octanol–water partition coefficient (Wildman–Crippen LogP) is 3.35. The van der Waals surface area contributed by atoms with Crippen molar-refractivity contribution in [2.45, 2.75) is 38.1 Å². The summed E-state index contributed by atoms with van der Waals surface area (Å²) in [7, 11) is 0. The maximum absolute atomic E-state index is 11.8. The Bertz CT molecular complexity index is 365. The summed E-state index contributed by atoms with van der Waals surface area (Å²) in [4.78, 5) is 11.8. The molecule has 0 aliphatic rings. The third-order valence-electron chi connectivity index (χ3n) is 2.46. The summed E-state index contributed by atoms with van der Waals surface area (Å²) in [5.41, 5.74) is 2.35. The summed E-state index contributed by atoms with van der Waals surface area (Å²) in [6.45, 7) is 7.71. The first-order valence-corrected chi connectivity index (χ1v) is 6.16. The molecule has 1 N–H and O–H groups in total. The number of aryl methyl sites for hydroxylation is 1. The lowest BCUT2D eigenvalue weighted by atomic mass is 10.1. The van der Waals surface area contributed by atoms with Gasteiger partial charge in [-0.3, -0.25) is 4.79 Å². The highest BCUT2D eigenvalue weighted by Crippen LogP contribution is 2.19. The van der Waals surface area contributed by atoms with E-state index in [4.69, 9.17) is 0 Å². The minimum Gasteiger partial charge on any atom is -0.348 e. The maximum Gasteiger partial charge on any atom is 0.236 e. The van der Waals surface area contributed by atoms with E-state index in [1.807, 2.05) is 32.9 Å². The van der Waals surface area contributed by atoms with Crippen LogP contribution in [0.25, 0.3) is 0 Å². The van der Waals surface area contributed by atoms with Crippen LogP contribution in [0.1, 0.15) is 37.9 Å². The third kappa shape index (κ3) is 3.63. The van der Waals surface area contributed by atoms with Crippen LogP contribution in [0.5, 0.6) is 0 Å². The average molecular weight is 284 g/mol. The second-order valence-corrected chi connectivity index (χ2v) is 6.56. The number of carbonyl (C=O) groups excluding carboxylic acids is 1. The highest BCUT2D eigenvalue weighted by Gasteiger charge is 2.24. The third-order valence-corrected chi connectivity index (χ3v) is 2.83. The van der Waals surface area contributed by atoms with Gasteiger partial charge in [0.1, 0.15) is 0 Å². The molecule has 0 spiro atoms. The van der Waals surface area contributed by atoms with Crippen molar-refractivity contribution in [1.29, 1.82) is 0 Å². The topological polar surface area (TPSA) is 29.1 Å². The second kappa shape index (κ2) is 5.00. The zero-order valence-corrected chi connectivity index (χ0v) is 11.8. The molecule has 0 radical (unpaired) electrons. The highest BCUT2D eigenvalue weighted by molar-refractivity contribution is 9.10. The Balaban J connectivity index is 2.69. The summed E-state index contributed by atoms with van der Waals surface area (Å²) in [5, 5.41) is 2.97. The summed E-state index contributed by atoms with van der Waals surface area (Å²) >= 11 is 3.34. The van der Waals surface area contributed by atoms with Gasteiger partial charge in [0.05, 0.1) is 10.4 Å². The molecule has 0 saturated heterocycles. The molecular formula is C13H18BrNO. The highest BCUT2D eigenvalue weighted by atomic mass is 79.9. The van der Waals surface area contributed by atoms with Crippen LogP contribution in [0.4, 0.5) is 0 Å². The summed E-state index contributed by atoms with van der Waals surface area (Å²) in [6.07, 6.45) is 0. The zero-order chi connectivity index (χ0) is 12.3. The molecule has 0 saturated carbocycles. The minimum absolute atomic E-state index is 0.000532. The van der Waals surface area contributed by atoms with Crippen molar-refractivity contribution >= 4 is 21.8 Å². The van der Waals surface area contributed by atoms with Crippen molar-refractivity contribution in [2.24, 2.45) is 0 Å². The molecule has 3 heteroatoms. The summed E-state index contributed by atoms with van der Waals surface area (Å²) < 4.78 is -0.522. The molecule has 0 fully saturated rings. The van der Waals surface area contributed by atoms with Gasteiger partial charge in [0.2, 0.25) is 5.91 Å². The molecule has 0 aromatic heterocycles. The Morgan fingerprint density at radius 2 is 1.81 bits per heavy atom. The minimum atomic E-state index is -0.522. The van der Waals surface area contributed by atoms with E-state index < -0.39 is 4.32 Å². The number of hydrogen-bond acceptors (Lipinski definition) is 1.